The number of carbonyl (C=O) groups excluding carboxylic acids is 2. The van der Waals surface area contributed by atoms with Crippen molar-refractivity contribution in [3.8, 4) is 11.5 Å². The zero-order chi connectivity index (χ0) is 22.6. The Kier molecular flexibility index (Phi) is 6.97. The summed E-state index contributed by atoms with van der Waals surface area (Å²) in [5.74, 6) is -0.227. The van der Waals surface area contributed by atoms with E-state index in [1.54, 1.807) is 35.7 Å². The molecule has 1 aromatic heterocycles. The Balaban J connectivity index is 1.25. The van der Waals surface area contributed by atoms with E-state index in [0.717, 1.165) is 24.8 Å². The summed E-state index contributed by atoms with van der Waals surface area (Å²) in [7, 11) is -3.54. The Morgan fingerprint density at radius 1 is 1.09 bits per heavy atom. The van der Waals surface area contributed by atoms with Gasteiger partial charge in [0.2, 0.25) is 6.79 Å². The first kappa shape index (κ1) is 22.6. The molecule has 0 spiro atoms. The third-order valence-electron chi connectivity index (χ3n) is 5.49. The number of carbonyl (C=O) groups is 2. The van der Waals surface area contributed by atoms with Crippen molar-refractivity contribution in [2.75, 3.05) is 19.9 Å². The van der Waals surface area contributed by atoms with Crippen molar-refractivity contribution < 1.29 is 27.5 Å². The molecular formula is C21H25N3O6S2. The molecule has 0 bridgehead atoms. The maximum absolute atomic E-state index is 12.9. The molecule has 2 aliphatic heterocycles. The summed E-state index contributed by atoms with van der Waals surface area (Å²) in [6.45, 7) is 1.03. The van der Waals surface area contributed by atoms with Crippen molar-refractivity contribution in [2.45, 2.75) is 42.5 Å². The van der Waals surface area contributed by atoms with Crippen LogP contribution in [0.4, 0.5) is 0 Å². The third-order valence-corrected chi connectivity index (χ3v) is 8.82. The van der Waals surface area contributed by atoms with Gasteiger partial charge in [-0.3, -0.25) is 9.59 Å². The second-order valence-corrected chi connectivity index (χ2v) is 10.7. The van der Waals surface area contributed by atoms with Gasteiger partial charge in [0.05, 0.1) is 0 Å². The van der Waals surface area contributed by atoms with E-state index in [1.165, 1.54) is 15.6 Å². The summed E-state index contributed by atoms with van der Waals surface area (Å²) in [4.78, 5) is 24.3. The highest BCUT2D eigenvalue weighted by molar-refractivity contribution is 7.91. The van der Waals surface area contributed by atoms with Gasteiger partial charge in [0, 0.05) is 25.7 Å². The summed E-state index contributed by atoms with van der Waals surface area (Å²) in [5.41, 5.74) is 0.784. The van der Waals surface area contributed by atoms with Gasteiger partial charge in [-0.2, -0.15) is 4.31 Å². The molecule has 4 rings (SSSR count). The first-order valence-electron chi connectivity index (χ1n) is 10.4. The largest absolute Gasteiger partial charge is 0.454 e. The first-order valence-corrected chi connectivity index (χ1v) is 12.8. The SMILES string of the molecule is O=C(NCC[C@@H]1CCCCN1S(=O)(=O)c1cccs1)C(=O)NCc1ccc2c(c1)OCO2. The van der Waals surface area contributed by atoms with Gasteiger partial charge < -0.3 is 20.1 Å². The summed E-state index contributed by atoms with van der Waals surface area (Å²) in [6.07, 6.45) is 2.93. The topological polar surface area (TPSA) is 114 Å². The molecule has 1 atom stereocenters. The van der Waals surface area contributed by atoms with Gasteiger partial charge in [0.15, 0.2) is 11.5 Å². The number of amides is 2. The van der Waals surface area contributed by atoms with Gasteiger partial charge in [-0.1, -0.05) is 18.6 Å². The number of nitrogens with zero attached hydrogens (tertiary/aromatic N) is 1. The number of nitrogens with one attached hydrogen (secondary N) is 2. The molecule has 2 N–H and O–H groups in total. The minimum atomic E-state index is -3.54. The lowest BCUT2D eigenvalue weighted by Gasteiger charge is -2.34. The van der Waals surface area contributed by atoms with Crippen LogP contribution in [-0.2, 0) is 26.2 Å². The van der Waals surface area contributed by atoms with Crippen molar-refractivity contribution in [3.05, 3.63) is 41.3 Å². The second kappa shape index (κ2) is 9.88. The van der Waals surface area contributed by atoms with E-state index in [2.05, 4.69) is 10.6 Å². The number of hydrogen-bond donors (Lipinski definition) is 2. The van der Waals surface area contributed by atoms with Gasteiger partial charge in [-0.15, -0.1) is 11.3 Å². The second-order valence-electron chi connectivity index (χ2n) is 7.61. The molecule has 0 radical (unpaired) electrons. The lowest BCUT2D eigenvalue weighted by Crippen LogP contribution is -2.46. The number of sulfonamides is 1. The van der Waals surface area contributed by atoms with Gasteiger partial charge in [0.25, 0.3) is 10.0 Å². The monoisotopic (exact) mass is 479 g/mol. The van der Waals surface area contributed by atoms with Crippen LogP contribution in [0.2, 0.25) is 0 Å². The van der Waals surface area contributed by atoms with Crippen LogP contribution in [0.3, 0.4) is 0 Å². The van der Waals surface area contributed by atoms with E-state index in [4.69, 9.17) is 9.47 Å². The van der Waals surface area contributed by atoms with Crippen LogP contribution in [0, 0.1) is 0 Å². The molecule has 3 heterocycles. The quantitative estimate of drug-likeness (QED) is 0.586. The molecule has 2 aliphatic rings. The Labute approximate surface area is 190 Å². The fourth-order valence-electron chi connectivity index (χ4n) is 3.85. The summed E-state index contributed by atoms with van der Waals surface area (Å²) < 4.78 is 38.3. The average Bonchev–Trinajstić information content (AvgIpc) is 3.49. The number of benzene rings is 1. The van der Waals surface area contributed by atoms with E-state index in [1.807, 2.05) is 0 Å². The Hall–Kier alpha value is -2.63. The smallest absolute Gasteiger partial charge is 0.309 e. The highest BCUT2D eigenvalue weighted by atomic mass is 32.2. The van der Waals surface area contributed by atoms with Crippen LogP contribution >= 0.6 is 11.3 Å². The highest BCUT2D eigenvalue weighted by Gasteiger charge is 2.33. The van der Waals surface area contributed by atoms with E-state index in [0.29, 0.717) is 28.7 Å². The predicted molar refractivity (Wildman–Crippen MR) is 118 cm³/mol. The van der Waals surface area contributed by atoms with Crippen LogP contribution in [0.5, 0.6) is 11.5 Å². The van der Waals surface area contributed by atoms with Crippen molar-refractivity contribution in [1.29, 1.82) is 0 Å². The number of hydrogen-bond acceptors (Lipinski definition) is 7. The fourth-order valence-corrected chi connectivity index (χ4v) is 6.69. The number of rotatable bonds is 7. The Morgan fingerprint density at radius 2 is 1.91 bits per heavy atom. The molecule has 32 heavy (non-hydrogen) atoms. The normalized spacial score (nSPS) is 18.3. The van der Waals surface area contributed by atoms with Crippen molar-refractivity contribution in [1.82, 2.24) is 14.9 Å². The third kappa shape index (κ3) is 5.05. The molecule has 9 nitrogen and oxygen atoms in total. The Morgan fingerprint density at radius 3 is 2.72 bits per heavy atom. The van der Waals surface area contributed by atoms with E-state index in [-0.39, 0.29) is 25.9 Å². The van der Waals surface area contributed by atoms with E-state index < -0.39 is 21.8 Å². The summed E-state index contributed by atoms with van der Waals surface area (Å²) in [6, 6.07) is 8.43. The zero-order valence-electron chi connectivity index (χ0n) is 17.4. The van der Waals surface area contributed by atoms with E-state index >= 15 is 0 Å². The van der Waals surface area contributed by atoms with Crippen molar-refractivity contribution >= 4 is 33.2 Å². The van der Waals surface area contributed by atoms with Crippen molar-refractivity contribution in [3.63, 3.8) is 0 Å². The summed E-state index contributed by atoms with van der Waals surface area (Å²) in [5, 5.41) is 6.92. The number of ether oxygens (including phenoxy) is 2. The molecule has 1 fully saturated rings. The minimum Gasteiger partial charge on any atom is -0.454 e. The zero-order valence-corrected chi connectivity index (χ0v) is 19.0. The standard InChI is InChI=1S/C21H25N3O6S2/c25-20(21(26)23-13-15-6-7-17-18(12-15)30-14-29-17)22-9-8-16-4-1-2-10-24(16)32(27,28)19-5-3-11-31-19/h3,5-7,11-12,16H,1-2,4,8-10,13-14H2,(H,22,25)(H,23,26)/t16-/m0/s1. The maximum Gasteiger partial charge on any atom is 0.309 e. The molecule has 2 amide bonds. The number of thiophene rings is 1. The predicted octanol–water partition coefficient (Wildman–Crippen LogP) is 1.84. The minimum absolute atomic E-state index is 0.167. The molecule has 1 aromatic carbocycles. The lowest BCUT2D eigenvalue weighted by atomic mass is 10.0. The fraction of sp³-hybridized carbons (Fsp3) is 0.429. The van der Waals surface area contributed by atoms with Crippen molar-refractivity contribution in [2.24, 2.45) is 0 Å². The molecule has 1 saturated heterocycles. The summed E-state index contributed by atoms with van der Waals surface area (Å²) >= 11 is 1.20. The van der Waals surface area contributed by atoms with Crippen LogP contribution in [-0.4, -0.2) is 50.5 Å². The van der Waals surface area contributed by atoms with Crippen LogP contribution in [0.1, 0.15) is 31.2 Å². The highest BCUT2D eigenvalue weighted by Crippen LogP contribution is 2.32. The lowest BCUT2D eigenvalue weighted by molar-refractivity contribution is -0.139. The average molecular weight is 480 g/mol. The van der Waals surface area contributed by atoms with Gasteiger partial charge in [-0.05, 0) is 48.4 Å². The molecule has 0 aliphatic carbocycles. The molecule has 0 unspecified atom stereocenters. The van der Waals surface area contributed by atoms with Crippen LogP contribution < -0.4 is 20.1 Å². The van der Waals surface area contributed by atoms with Gasteiger partial charge in [-0.25, -0.2) is 8.42 Å². The molecular weight excluding hydrogens is 454 g/mol. The van der Waals surface area contributed by atoms with Gasteiger partial charge >= 0.3 is 11.8 Å². The first-order chi connectivity index (χ1) is 15.4. The van der Waals surface area contributed by atoms with Crippen LogP contribution in [0.15, 0.2) is 39.9 Å². The van der Waals surface area contributed by atoms with Gasteiger partial charge in [0.1, 0.15) is 4.21 Å². The number of fused-ring (bicyclic) bond motifs is 1. The molecule has 11 heteroatoms. The van der Waals surface area contributed by atoms with E-state index in [9.17, 15) is 18.0 Å². The maximum atomic E-state index is 12.9. The number of piperidine rings is 1. The Bertz CT molecular complexity index is 1070. The molecule has 2 aromatic rings. The molecule has 172 valence electrons. The van der Waals surface area contributed by atoms with Crippen LogP contribution in [0.25, 0.3) is 0 Å². The molecule has 0 saturated carbocycles.